The van der Waals surface area contributed by atoms with Crippen LogP contribution in [-0.2, 0) is 0 Å². The van der Waals surface area contributed by atoms with E-state index < -0.39 is 21.2 Å². The van der Waals surface area contributed by atoms with Gasteiger partial charge < -0.3 is 0 Å². The summed E-state index contributed by atoms with van der Waals surface area (Å²) in [6, 6.07) is 8.09. The molecule has 0 spiro atoms. The Kier molecular flexibility index (Phi) is 2.92. The van der Waals surface area contributed by atoms with Gasteiger partial charge in [0.1, 0.15) is 3.57 Å². The van der Waals surface area contributed by atoms with Crippen LogP contribution in [0.15, 0.2) is 30.3 Å². The van der Waals surface area contributed by atoms with E-state index in [0.717, 1.165) is 0 Å². The molecule has 2 aromatic carbocycles. The zero-order valence-corrected chi connectivity index (χ0v) is 10.4. The monoisotopic (exact) mass is 344 g/mol. The van der Waals surface area contributed by atoms with Gasteiger partial charge in [0.05, 0.1) is 9.85 Å². The molecule has 0 radical (unpaired) electrons. The summed E-state index contributed by atoms with van der Waals surface area (Å²) in [6.45, 7) is 0. The Balaban J connectivity index is 2.94. The highest BCUT2D eigenvalue weighted by atomic mass is 127. The van der Waals surface area contributed by atoms with Gasteiger partial charge in [0.25, 0.3) is 0 Å². The molecule has 0 aliphatic carbocycles. The number of fused-ring (bicyclic) bond motifs is 1. The zero-order chi connectivity index (χ0) is 12.6. The van der Waals surface area contributed by atoms with E-state index in [1.807, 2.05) is 0 Å². The molecule has 7 heteroatoms. The summed E-state index contributed by atoms with van der Waals surface area (Å²) in [6.07, 6.45) is 0. The minimum absolute atomic E-state index is 0.289. The minimum atomic E-state index is -0.729. The van der Waals surface area contributed by atoms with Crippen LogP contribution in [-0.4, -0.2) is 9.85 Å². The maximum atomic E-state index is 10.9. The molecule has 0 amide bonds. The first-order valence-corrected chi connectivity index (χ1v) is 5.60. The van der Waals surface area contributed by atoms with Crippen molar-refractivity contribution in [3.05, 3.63) is 54.1 Å². The molecule has 0 aliphatic rings. The molecule has 0 saturated heterocycles. The SMILES string of the molecule is O=[N+]([O-])c1cc2ccccc2c(I)c1[N+](=O)[O-]. The fourth-order valence-corrected chi connectivity index (χ4v) is 2.56. The first-order valence-electron chi connectivity index (χ1n) is 4.52. The van der Waals surface area contributed by atoms with Crippen molar-refractivity contribution in [2.45, 2.75) is 0 Å². The molecular formula is C10H5IN2O4. The van der Waals surface area contributed by atoms with Gasteiger partial charge in [-0.05, 0) is 28.0 Å². The molecule has 0 saturated carbocycles. The Morgan fingerprint density at radius 3 is 2.29 bits per heavy atom. The van der Waals surface area contributed by atoms with Crippen molar-refractivity contribution in [1.29, 1.82) is 0 Å². The number of hydrogen-bond acceptors (Lipinski definition) is 4. The summed E-state index contributed by atoms with van der Waals surface area (Å²) in [5.41, 5.74) is -0.924. The van der Waals surface area contributed by atoms with E-state index in [4.69, 9.17) is 0 Å². The maximum absolute atomic E-state index is 10.9. The Morgan fingerprint density at radius 2 is 1.71 bits per heavy atom. The molecule has 0 unspecified atom stereocenters. The van der Waals surface area contributed by atoms with Crippen LogP contribution >= 0.6 is 22.6 Å². The van der Waals surface area contributed by atoms with Gasteiger partial charge in [-0.25, -0.2) is 0 Å². The lowest BCUT2D eigenvalue weighted by Crippen LogP contribution is -1.99. The van der Waals surface area contributed by atoms with Gasteiger partial charge in [-0.3, -0.25) is 20.2 Å². The third-order valence-electron chi connectivity index (χ3n) is 2.32. The van der Waals surface area contributed by atoms with Crippen molar-refractivity contribution >= 4 is 44.7 Å². The highest BCUT2D eigenvalue weighted by Crippen LogP contribution is 2.37. The summed E-state index contributed by atoms with van der Waals surface area (Å²) in [4.78, 5) is 20.3. The van der Waals surface area contributed by atoms with Gasteiger partial charge in [-0.1, -0.05) is 24.3 Å². The molecule has 17 heavy (non-hydrogen) atoms. The third-order valence-corrected chi connectivity index (χ3v) is 3.41. The number of nitrogens with zero attached hydrogens (tertiary/aromatic N) is 2. The predicted molar refractivity (Wildman–Crippen MR) is 70.0 cm³/mol. The lowest BCUT2D eigenvalue weighted by Gasteiger charge is -2.02. The van der Waals surface area contributed by atoms with Crippen LogP contribution in [0.5, 0.6) is 0 Å². The van der Waals surface area contributed by atoms with Crippen LogP contribution in [0.1, 0.15) is 0 Å². The highest BCUT2D eigenvalue weighted by Gasteiger charge is 2.29. The molecular weight excluding hydrogens is 339 g/mol. The average molecular weight is 344 g/mol. The average Bonchev–Trinajstić information content (AvgIpc) is 2.28. The van der Waals surface area contributed by atoms with Crippen molar-refractivity contribution in [2.24, 2.45) is 0 Å². The van der Waals surface area contributed by atoms with Crippen molar-refractivity contribution in [3.8, 4) is 0 Å². The quantitative estimate of drug-likeness (QED) is 0.475. The lowest BCUT2D eigenvalue weighted by molar-refractivity contribution is -0.422. The molecule has 2 rings (SSSR count). The molecule has 0 aliphatic heterocycles. The standard InChI is InChI=1S/C10H5IN2O4/c11-9-7-4-2-1-3-6(7)5-8(12(14)15)10(9)13(16)17/h1-5H. The topological polar surface area (TPSA) is 86.3 Å². The fourth-order valence-electron chi connectivity index (χ4n) is 1.59. The zero-order valence-electron chi connectivity index (χ0n) is 8.29. The van der Waals surface area contributed by atoms with Gasteiger partial charge in [-0.2, -0.15) is 0 Å². The fraction of sp³-hybridized carbons (Fsp3) is 0. The number of nitro groups is 2. The Morgan fingerprint density at radius 1 is 1.06 bits per heavy atom. The van der Waals surface area contributed by atoms with Gasteiger partial charge in [0, 0.05) is 11.5 Å². The van der Waals surface area contributed by atoms with Crippen LogP contribution in [0.2, 0.25) is 0 Å². The summed E-state index contributed by atoms with van der Waals surface area (Å²) in [5, 5.41) is 23.0. The number of nitro benzene ring substituents is 2. The smallest absolute Gasteiger partial charge is 0.258 e. The Labute approximate surface area is 109 Å². The van der Waals surface area contributed by atoms with Crippen LogP contribution in [0.4, 0.5) is 11.4 Å². The van der Waals surface area contributed by atoms with Crippen molar-refractivity contribution in [1.82, 2.24) is 0 Å². The second-order valence-corrected chi connectivity index (χ2v) is 4.37. The lowest BCUT2D eigenvalue weighted by atomic mass is 10.1. The van der Waals surface area contributed by atoms with E-state index in [-0.39, 0.29) is 3.57 Å². The van der Waals surface area contributed by atoms with Gasteiger partial charge in [-0.15, -0.1) is 0 Å². The Hall–Kier alpha value is -1.77. The summed E-state index contributed by atoms with van der Waals surface area (Å²) < 4.78 is 0.289. The van der Waals surface area contributed by atoms with E-state index in [0.29, 0.717) is 10.8 Å². The minimum Gasteiger partial charge on any atom is -0.258 e. The molecule has 0 N–H and O–H groups in total. The summed E-state index contributed by atoms with van der Waals surface area (Å²) >= 11 is 1.77. The number of rotatable bonds is 2. The molecule has 0 atom stereocenters. The molecule has 0 heterocycles. The highest BCUT2D eigenvalue weighted by molar-refractivity contribution is 14.1. The van der Waals surface area contributed by atoms with Crippen LogP contribution in [0, 0.1) is 23.8 Å². The first kappa shape index (κ1) is 11.7. The molecule has 86 valence electrons. The Bertz CT molecular complexity index is 641. The van der Waals surface area contributed by atoms with Gasteiger partial charge in [0.2, 0.25) is 0 Å². The molecule has 0 aromatic heterocycles. The predicted octanol–water partition coefficient (Wildman–Crippen LogP) is 3.26. The number of hydrogen-bond donors (Lipinski definition) is 0. The first-order chi connectivity index (χ1) is 8.02. The normalized spacial score (nSPS) is 10.4. The van der Waals surface area contributed by atoms with E-state index in [1.165, 1.54) is 6.07 Å². The van der Waals surface area contributed by atoms with E-state index in [2.05, 4.69) is 0 Å². The van der Waals surface area contributed by atoms with Crippen LogP contribution < -0.4 is 0 Å². The molecule has 0 fully saturated rings. The second-order valence-electron chi connectivity index (χ2n) is 3.29. The van der Waals surface area contributed by atoms with Crippen molar-refractivity contribution < 1.29 is 9.85 Å². The van der Waals surface area contributed by atoms with Gasteiger partial charge in [0.15, 0.2) is 0 Å². The van der Waals surface area contributed by atoms with E-state index >= 15 is 0 Å². The number of halogens is 1. The van der Waals surface area contributed by atoms with E-state index in [1.54, 1.807) is 46.9 Å². The van der Waals surface area contributed by atoms with Gasteiger partial charge >= 0.3 is 11.4 Å². The van der Waals surface area contributed by atoms with Crippen molar-refractivity contribution in [2.75, 3.05) is 0 Å². The maximum Gasteiger partial charge on any atom is 0.359 e. The van der Waals surface area contributed by atoms with Crippen molar-refractivity contribution in [3.63, 3.8) is 0 Å². The molecule has 2 aromatic rings. The van der Waals surface area contributed by atoms with E-state index in [9.17, 15) is 20.2 Å². The molecule has 6 nitrogen and oxygen atoms in total. The molecule has 0 bridgehead atoms. The summed E-state index contributed by atoms with van der Waals surface area (Å²) in [7, 11) is 0. The van der Waals surface area contributed by atoms with Crippen LogP contribution in [0.3, 0.4) is 0 Å². The summed E-state index contributed by atoms with van der Waals surface area (Å²) in [5.74, 6) is 0. The largest absolute Gasteiger partial charge is 0.359 e. The van der Waals surface area contributed by atoms with Crippen LogP contribution in [0.25, 0.3) is 10.8 Å². The third kappa shape index (κ3) is 1.93. The second kappa shape index (κ2) is 4.24. The number of benzene rings is 2.